The monoisotopic (exact) mass is 290 g/mol. The van der Waals surface area contributed by atoms with E-state index in [9.17, 15) is 9.59 Å². The predicted molar refractivity (Wildman–Crippen MR) is 81.3 cm³/mol. The maximum atomic E-state index is 12.0. The van der Waals surface area contributed by atoms with Crippen LogP contribution in [0.1, 0.15) is 38.2 Å². The molecule has 1 fully saturated rings. The highest BCUT2D eigenvalue weighted by Gasteiger charge is 2.36. The Balaban J connectivity index is 1.91. The summed E-state index contributed by atoms with van der Waals surface area (Å²) in [6.45, 7) is 4.15. The van der Waals surface area contributed by atoms with E-state index in [-0.39, 0.29) is 18.4 Å². The van der Waals surface area contributed by atoms with Crippen molar-refractivity contribution in [1.82, 2.24) is 5.32 Å². The van der Waals surface area contributed by atoms with E-state index in [1.165, 1.54) is 0 Å². The number of benzene rings is 1. The minimum atomic E-state index is -0.882. The second-order valence-corrected chi connectivity index (χ2v) is 5.82. The molecule has 5 heteroatoms. The first-order chi connectivity index (χ1) is 9.99. The number of carbonyl (C=O) groups is 2. The van der Waals surface area contributed by atoms with Crippen molar-refractivity contribution >= 4 is 17.6 Å². The first-order valence-electron chi connectivity index (χ1n) is 7.34. The smallest absolute Gasteiger partial charge is 0.320 e. The van der Waals surface area contributed by atoms with Crippen molar-refractivity contribution in [3.8, 4) is 0 Å². The number of hydrogen-bond donors (Lipinski definition) is 3. The number of hydrogen-bond acceptors (Lipinski definition) is 3. The predicted octanol–water partition coefficient (Wildman–Crippen LogP) is 2.20. The largest absolute Gasteiger partial charge is 0.480 e. The number of nitrogens with one attached hydrogen (secondary N) is 2. The van der Waals surface area contributed by atoms with Crippen LogP contribution in [0, 0.1) is 5.92 Å². The van der Waals surface area contributed by atoms with Gasteiger partial charge in [-0.25, -0.2) is 0 Å². The number of carboxylic acids is 1. The molecule has 1 aromatic rings. The summed E-state index contributed by atoms with van der Waals surface area (Å²) in [6, 6.07) is 7.05. The molecule has 0 aromatic heterocycles. The molecule has 5 nitrogen and oxygen atoms in total. The number of rotatable bonds is 7. The fourth-order valence-corrected chi connectivity index (χ4v) is 2.40. The Kier molecular flexibility index (Phi) is 4.96. The van der Waals surface area contributed by atoms with Crippen molar-refractivity contribution in [2.75, 3.05) is 11.9 Å². The zero-order valence-corrected chi connectivity index (χ0v) is 12.4. The number of aliphatic carboxylic acids is 1. The molecule has 3 N–H and O–H groups in total. The minimum Gasteiger partial charge on any atom is -0.480 e. The summed E-state index contributed by atoms with van der Waals surface area (Å²) in [6.07, 6.45) is 1.84. The first kappa shape index (κ1) is 15.5. The molecule has 1 atom stereocenters. The van der Waals surface area contributed by atoms with Crippen LogP contribution in [0.3, 0.4) is 0 Å². The summed E-state index contributed by atoms with van der Waals surface area (Å²) in [4.78, 5) is 23.1. The van der Waals surface area contributed by atoms with E-state index in [2.05, 4.69) is 24.5 Å². The van der Waals surface area contributed by atoms with Gasteiger partial charge in [-0.05, 0) is 36.3 Å². The van der Waals surface area contributed by atoms with Gasteiger partial charge in [0.2, 0.25) is 5.91 Å². The van der Waals surface area contributed by atoms with Gasteiger partial charge in [-0.3, -0.25) is 14.9 Å². The third-order valence-corrected chi connectivity index (χ3v) is 3.70. The van der Waals surface area contributed by atoms with E-state index in [1.54, 1.807) is 0 Å². The second-order valence-electron chi connectivity index (χ2n) is 5.82. The molecule has 1 aromatic carbocycles. The molecule has 1 saturated carbocycles. The zero-order valence-electron chi connectivity index (χ0n) is 12.4. The van der Waals surface area contributed by atoms with Gasteiger partial charge in [-0.1, -0.05) is 32.0 Å². The Labute approximate surface area is 124 Å². The molecule has 2 rings (SSSR count). The maximum absolute atomic E-state index is 12.0. The van der Waals surface area contributed by atoms with Crippen molar-refractivity contribution in [3.05, 3.63) is 29.8 Å². The maximum Gasteiger partial charge on any atom is 0.320 e. The Hall–Kier alpha value is -1.88. The minimum absolute atomic E-state index is 0.0138. The van der Waals surface area contributed by atoms with Gasteiger partial charge >= 0.3 is 5.97 Å². The van der Waals surface area contributed by atoms with Gasteiger partial charge in [0.1, 0.15) is 6.04 Å². The highest BCUT2D eigenvalue weighted by molar-refractivity contribution is 5.93. The summed E-state index contributed by atoms with van der Waals surface area (Å²) in [5.74, 6) is -0.617. The van der Waals surface area contributed by atoms with Crippen LogP contribution < -0.4 is 10.6 Å². The number of amides is 1. The second kappa shape index (κ2) is 6.72. The molecule has 1 aliphatic rings. The number of anilines is 1. The van der Waals surface area contributed by atoms with Gasteiger partial charge in [0, 0.05) is 5.69 Å². The van der Waals surface area contributed by atoms with E-state index in [4.69, 9.17) is 5.11 Å². The van der Waals surface area contributed by atoms with E-state index in [1.807, 2.05) is 24.3 Å². The van der Waals surface area contributed by atoms with E-state index in [0.717, 1.165) is 24.1 Å². The molecule has 1 amide bonds. The highest BCUT2D eigenvalue weighted by atomic mass is 16.4. The van der Waals surface area contributed by atoms with Gasteiger partial charge in [0.15, 0.2) is 0 Å². The van der Waals surface area contributed by atoms with Crippen molar-refractivity contribution < 1.29 is 14.7 Å². The molecule has 21 heavy (non-hydrogen) atoms. The van der Waals surface area contributed by atoms with E-state index in [0.29, 0.717) is 5.92 Å². The van der Waals surface area contributed by atoms with Crippen LogP contribution >= 0.6 is 0 Å². The average molecular weight is 290 g/mol. The van der Waals surface area contributed by atoms with Crippen molar-refractivity contribution in [2.45, 2.75) is 38.6 Å². The van der Waals surface area contributed by atoms with Gasteiger partial charge in [0.25, 0.3) is 0 Å². The third-order valence-electron chi connectivity index (χ3n) is 3.70. The van der Waals surface area contributed by atoms with Gasteiger partial charge in [-0.2, -0.15) is 0 Å². The number of carbonyl (C=O) groups excluding carboxylic acids is 1. The van der Waals surface area contributed by atoms with Crippen molar-refractivity contribution in [2.24, 2.45) is 5.92 Å². The molecule has 1 aliphatic carbocycles. The molecule has 0 heterocycles. The van der Waals surface area contributed by atoms with Gasteiger partial charge in [0.05, 0.1) is 6.54 Å². The quantitative estimate of drug-likeness (QED) is 0.719. The van der Waals surface area contributed by atoms with Crippen LogP contribution in [0.25, 0.3) is 0 Å². The lowest BCUT2D eigenvalue weighted by Gasteiger charge is -2.16. The van der Waals surface area contributed by atoms with Crippen LogP contribution in [0.15, 0.2) is 24.3 Å². The molecule has 0 bridgehead atoms. The number of para-hydroxylation sites is 1. The Bertz CT molecular complexity index is 524. The van der Waals surface area contributed by atoms with Crippen LogP contribution in [0.2, 0.25) is 0 Å². The number of carboxylic acid groups (broad SMARTS) is 1. The lowest BCUT2D eigenvalue weighted by molar-refractivity contribution is -0.140. The molecule has 0 aliphatic heterocycles. The normalized spacial score (nSPS) is 15.8. The van der Waals surface area contributed by atoms with Crippen molar-refractivity contribution in [3.63, 3.8) is 0 Å². The van der Waals surface area contributed by atoms with Gasteiger partial charge < -0.3 is 10.4 Å². The SMILES string of the molecule is CC(C)c1ccccc1NC(=O)CNC(C(=O)O)C1CC1. The van der Waals surface area contributed by atoms with E-state index < -0.39 is 12.0 Å². The topological polar surface area (TPSA) is 78.4 Å². The molecule has 1 unspecified atom stereocenters. The summed E-state index contributed by atoms with van der Waals surface area (Å²) in [5.41, 5.74) is 1.86. The molecular weight excluding hydrogens is 268 g/mol. The van der Waals surface area contributed by atoms with Crippen molar-refractivity contribution in [1.29, 1.82) is 0 Å². The summed E-state index contributed by atoms with van der Waals surface area (Å²) >= 11 is 0. The molecule has 0 saturated heterocycles. The Morgan fingerprint density at radius 2 is 1.95 bits per heavy atom. The summed E-state index contributed by atoms with van der Waals surface area (Å²) < 4.78 is 0. The molecular formula is C16H22N2O3. The fourth-order valence-electron chi connectivity index (χ4n) is 2.40. The van der Waals surface area contributed by atoms with Crippen LogP contribution in [-0.4, -0.2) is 29.6 Å². The van der Waals surface area contributed by atoms with Crippen LogP contribution in [0.5, 0.6) is 0 Å². The first-order valence-corrected chi connectivity index (χ1v) is 7.34. The molecule has 0 radical (unpaired) electrons. The lowest BCUT2D eigenvalue weighted by atomic mass is 10.0. The highest BCUT2D eigenvalue weighted by Crippen LogP contribution is 2.32. The fraction of sp³-hybridized carbons (Fsp3) is 0.500. The Morgan fingerprint density at radius 3 is 2.52 bits per heavy atom. The standard InChI is InChI=1S/C16H22N2O3/c1-10(2)12-5-3-4-6-13(12)18-14(19)9-17-15(16(20)21)11-7-8-11/h3-6,10-11,15,17H,7-9H2,1-2H3,(H,18,19)(H,20,21). The molecule has 0 spiro atoms. The average Bonchev–Trinajstić information content (AvgIpc) is 3.23. The van der Waals surface area contributed by atoms with Gasteiger partial charge in [-0.15, -0.1) is 0 Å². The summed E-state index contributed by atoms with van der Waals surface area (Å²) in [5, 5.41) is 14.8. The van der Waals surface area contributed by atoms with Crippen LogP contribution in [-0.2, 0) is 9.59 Å². The van der Waals surface area contributed by atoms with E-state index >= 15 is 0 Å². The third kappa shape index (κ3) is 4.29. The zero-order chi connectivity index (χ0) is 15.4. The van der Waals surface area contributed by atoms with Crippen LogP contribution in [0.4, 0.5) is 5.69 Å². The molecule has 114 valence electrons. The lowest BCUT2D eigenvalue weighted by Crippen LogP contribution is -2.42. The summed E-state index contributed by atoms with van der Waals surface area (Å²) in [7, 11) is 0. The Morgan fingerprint density at radius 1 is 1.29 bits per heavy atom.